The van der Waals surface area contributed by atoms with Crippen molar-refractivity contribution in [2.24, 2.45) is 0 Å². The molecule has 0 saturated heterocycles. The highest BCUT2D eigenvalue weighted by atomic mass is 19.4. The van der Waals surface area contributed by atoms with Crippen molar-refractivity contribution < 1.29 is 35.9 Å². The Balaban J connectivity index is 1.55. The van der Waals surface area contributed by atoms with Gasteiger partial charge in [0.2, 0.25) is 0 Å². The SMILES string of the molecule is N#Cc1cc(NC(=O)N[C@H]2CC[C@H](Oc3ccc(C(F)(F)F)cc3)C2)cc(C(F)(F)F)c1. The Kier molecular flexibility index (Phi) is 6.52. The molecule has 1 saturated carbocycles. The Morgan fingerprint density at radius 3 is 2.22 bits per heavy atom. The number of halogens is 6. The fraction of sp³-hybridized carbons (Fsp3) is 0.333. The van der Waals surface area contributed by atoms with Crippen LogP contribution >= 0.6 is 0 Å². The molecule has 0 bridgehead atoms. The van der Waals surface area contributed by atoms with Crippen LogP contribution in [-0.2, 0) is 12.4 Å². The van der Waals surface area contributed by atoms with E-state index in [1.165, 1.54) is 12.1 Å². The van der Waals surface area contributed by atoms with Crippen molar-refractivity contribution in [2.75, 3.05) is 5.32 Å². The third-order valence-electron chi connectivity index (χ3n) is 4.85. The molecule has 2 aromatic carbocycles. The topological polar surface area (TPSA) is 74.2 Å². The van der Waals surface area contributed by atoms with E-state index in [1.54, 1.807) is 6.07 Å². The lowest BCUT2D eigenvalue weighted by molar-refractivity contribution is -0.138. The summed E-state index contributed by atoms with van der Waals surface area (Å²) >= 11 is 0. The van der Waals surface area contributed by atoms with Crippen molar-refractivity contribution in [3.05, 3.63) is 59.2 Å². The smallest absolute Gasteiger partial charge is 0.416 e. The molecule has 1 aliphatic carbocycles. The van der Waals surface area contributed by atoms with Gasteiger partial charge in [-0.3, -0.25) is 0 Å². The van der Waals surface area contributed by atoms with Crippen molar-refractivity contribution in [1.82, 2.24) is 5.32 Å². The normalized spacial score (nSPS) is 18.7. The highest BCUT2D eigenvalue weighted by molar-refractivity contribution is 5.89. The number of ether oxygens (including phenoxy) is 1. The molecule has 2 amide bonds. The molecule has 0 spiro atoms. The summed E-state index contributed by atoms with van der Waals surface area (Å²) in [5, 5.41) is 13.8. The van der Waals surface area contributed by atoms with Gasteiger partial charge < -0.3 is 15.4 Å². The van der Waals surface area contributed by atoms with E-state index in [-0.39, 0.29) is 29.1 Å². The van der Waals surface area contributed by atoms with Crippen LogP contribution in [0.15, 0.2) is 42.5 Å². The number of nitriles is 1. The van der Waals surface area contributed by atoms with Gasteiger partial charge in [-0.15, -0.1) is 0 Å². The summed E-state index contributed by atoms with van der Waals surface area (Å²) in [6, 6.07) is 7.34. The van der Waals surface area contributed by atoms with Gasteiger partial charge in [0.1, 0.15) is 11.9 Å². The summed E-state index contributed by atoms with van der Waals surface area (Å²) in [5.74, 6) is 0.265. The van der Waals surface area contributed by atoms with Crippen LogP contribution in [0.1, 0.15) is 36.0 Å². The molecular weight excluding hydrogens is 440 g/mol. The van der Waals surface area contributed by atoms with Crippen molar-refractivity contribution in [1.29, 1.82) is 5.26 Å². The summed E-state index contributed by atoms with van der Waals surface area (Å²) < 4.78 is 82.3. The van der Waals surface area contributed by atoms with Gasteiger partial charge in [-0.1, -0.05) is 0 Å². The van der Waals surface area contributed by atoms with Crippen LogP contribution in [0.4, 0.5) is 36.8 Å². The summed E-state index contributed by atoms with van der Waals surface area (Å²) in [6.07, 6.45) is -8.02. The second-order valence-electron chi connectivity index (χ2n) is 7.28. The van der Waals surface area contributed by atoms with Gasteiger partial charge in [-0.25, -0.2) is 4.79 Å². The highest BCUT2D eigenvalue weighted by Crippen LogP contribution is 2.33. The molecule has 3 rings (SSSR count). The van der Waals surface area contributed by atoms with Gasteiger partial charge in [0.25, 0.3) is 0 Å². The molecule has 0 radical (unpaired) electrons. The molecule has 170 valence electrons. The number of carbonyl (C=O) groups is 1. The van der Waals surface area contributed by atoms with Crippen molar-refractivity contribution in [2.45, 2.75) is 43.8 Å². The first-order valence-corrected chi connectivity index (χ1v) is 9.48. The summed E-state index contributed by atoms with van der Waals surface area (Å²) in [7, 11) is 0. The zero-order chi connectivity index (χ0) is 23.5. The summed E-state index contributed by atoms with van der Waals surface area (Å²) in [4.78, 5) is 12.2. The number of amides is 2. The monoisotopic (exact) mass is 457 g/mol. The number of alkyl halides is 6. The Labute approximate surface area is 179 Å². The molecule has 0 aliphatic heterocycles. The average molecular weight is 457 g/mol. The quantitative estimate of drug-likeness (QED) is 0.577. The minimum Gasteiger partial charge on any atom is -0.490 e. The number of hydrogen-bond donors (Lipinski definition) is 2. The van der Waals surface area contributed by atoms with Crippen LogP contribution in [-0.4, -0.2) is 18.2 Å². The average Bonchev–Trinajstić information content (AvgIpc) is 3.13. The predicted molar refractivity (Wildman–Crippen MR) is 102 cm³/mol. The molecule has 2 N–H and O–H groups in total. The van der Waals surface area contributed by atoms with E-state index in [4.69, 9.17) is 10.00 Å². The fourth-order valence-corrected chi connectivity index (χ4v) is 3.37. The molecule has 5 nitrogen and oxygen atoms in total. The lowest BCUT2D eigenvalue weighted by atomic mass is 10.1. The minimum absolute atomic E-state index is 0.176. The summed E-state index contributed by atoms with van der Waals surface area (Å²) in [6.45, 7) is 0. The molecule has 1 fully saturated rings. The van der Waals surface area contributed by atoms with Crippen LogP contribution in [0.5, 0.6) is 5.75 Å². The summed E-state index contributed by atoms with van der Waals surface area (Å²) in [5.41, 5.74) is -2.27. The van der Waals surface area contributed by atoms with Crippen molar-refractivity contribution in [3.8, 4) is 11.8 Å². The van der Waals surface area contributed by atoms with Gasteiger partial charge in [0, 0.05) is 18.2 Å². The van der Waals surface area contributed by atoms with Crippen LogP contribution in [0.25, 0.3) is 0 Å². The predicted octanol–water partition coefficient (Wildman–Crippen LogP) is 5.72. The Bertz CT molecular complexity index is 1010. The Morgan fingerprint density at radius 2 is 1.62 bits per heavy atom. The third kappa shape index (κ3) is 6.06. The number of anilines is 1. The maximum Gasteiger partial charge on any atom is 0.416 e. The molecule has 0 heterocycles. The number of benzene rings is 2. The molecule has 11 heteroatoms. The largest absolute Gasteiger partial charge is 0.490 e. The van der Waals surface area contributed by atoms with E-state index in [1.807, 2.05) is 0 Å². The van der Waals surface area contributed by atoms with Crippen LogP contribution in [0.2, 0.25) is 0 Å². The molecule has 32 heavy (non-hydrogen) atoms. The van der Waals surface area contributed by atoms with E-state index in [2.05, 4.69) is 10.6 Å². The first-order chi connectivity index (χ1) is 14.9. The molecular formula is C21H17F6N3O2. The Morgan fingerprint density at radius 1 is 0.969 bits per heavy atom. The molecule has 1 aliphatic rings. The maximum atomic E-state index is 12.9. The van der Waals surface area contributed by atoms with Gasteiger partial charge >= 0.3 is 18.4 Å². The van der Waals surface area contributed by atoms with E-state index in [0.717, 1.165) is 24.3 Å². The van der Waals surface area contributed by atoms with Gasteiger partial charge in [-0.2, -0.15) is 31.6 Å². The second kappa shape index (κ2) is 8.98. The number of urea groups is 1. The van der Waals surface area contributed by atoms with Crippen LogP contribution in [0, 0.1) is 11.3 Å². The number of nitrogens with one attached hydrogen (secondary N) is 2. The van der Waals surface area contributed by atoms with E-state index < -0.39 is 29.5 Å². The lowest BCUT2D eigenvalue weighted by Crippen LogP contribution is -2.37. The molecule has 2 aromatic rings. The molecule has 0 unspecified atom stereocenters. The zero-order valence-corrected chi connectivity index (χ0v) is 16.3. The minimum atomic E-state index is -4.67. The highest BCUT2D eigenvalue weighted by Gasteiger charge is 2.32. The third-order valence-corrected chi connectivity index (χ3v) is 4.85. The standard InChI is InChI=1S/C21H17F6N3O2/c22-20(23,24)13-1-4-17(5-2-13)32-18-6-3-15(10-18)29-19(31)30-16-8-12(11-28)7-14(9-16)21(25,26)27/h1-2,4-5,7-9,15,18H,3,6,10H2,(H2,29,30,31)/t15-,18-/m0/s1. The van der Waals surface area contributed by atoms with Gasteiger partial charge in [0.05, 0.1) is 22.8 Å². The zero-order valence-electron chi connectivity index (χ0n) is 16.3. The number of rotatable bonds is 4. The van der Waals surface area contributed by atoms with E-state index in [0.29, 0.717) is 25.3 Å². The first kappa shape index (κ1) is 23.2. The lowest BCUT2D eigenvalue weighted by Gasteiger charge is -2.16. The van der Waals surface area contributed by atoms with Gasteiger partial charge in [-0.05, 0) is 55.3 Å². The van der Waals surface area contributed by atoms with Crippen molar-refractivity contribution in [3.63, 3.8) is 0 Å². The van der Waals surface area contributed by atoms with Gasteiger partial charge in [0.15, 0.2) is 0 Å². The van der Waals surface area contributed by atoms with E-state index >= 15 is 0 Å². The molecule has 0 aromatic heterocycles. The Hall–Kier alpha value is -3.42. The van der Waals surface area contributed by atoms with Crippen LogP contribution < -0.4 is 15.4 Å². The maximum absolute atomic E-state index is 12.9. The van der Waals surface area contributed by atoms with Crippen molar-refractivity contribution >= 4 is 11.7 Å². The number of hydrogen-bond acceptors (Lipinski definition) is 3. The number of carbonyl (C=O) groups excluding carboxylic acids is 1. The molecule has 2 atom stereocenters. The fourth-order valence-electron chi connectivity index (χ4n) is 3.37. The first-order valence-electron chi connectivity index (χ1n) is 9.48. The van der Waals surface area contributed by atoms with Crippen LogP contribution in [0.3, 0.4) is 0 Å². The number of nitrogens with zero attached hydrogens (tertiary/aromatic N) is 1. The second-order valence-corrected chi connectivity index (χ2v) is 7.28. The van der Waals surface area contributed by atoms with E-state index in [9.17, 15) is 31.1 Å².